The molecule has 0 aliphatic heterocycles. The summed E-state index contributed by atoms with van der Waals surface area (Å²) in [7, 11) is 0. The quantitative estimate of drug-likeness (QED) is 0.810. The zero-order valence-electron chi connectivity index (χ0n) is 11.8. The predicted octanol–water partition coefficient (Wildman–Crippen LogP) is 3.34. The molecule has 1 amide bonds. The molecule has 0 aromatic heterocycles. The third-order valence-electron chi connectivity index (χ3n) is 2.88. The largest absolute Gasteiger partial charge is 0.326 e. The smallest absolute Gasteiger partial charge is 0.226 e. The average Bonchev–Trinajstić information content (AvgIpc) is 2.36. The Bertz CT molecular complexity index is 388. The molecule has 1 aromatic carbocycles. The van der Waals surface area contributed by atoms with Crippen LogP contribution in [0.3, 0.4) is 0 Å². The predicted molar refractivity (Wildman–Crippen MR) is 76.6 cm³/mol. The van der Waals surface area contributed by atoms with E-state index in [9.17, 15) is 4.79 Å². The Kier molecular flexibility index (Phi) is 5.86. The monoisotopic (exact) mass is 248 g/mol. The van der Waals surface area contributed by atoms with E-state index >= 15 is 0 Å². The van der Waals surface area contributed by atoms with Crippen LogP contribution >= 0.6 is 0 Å². The lowest BCUT2D eigenvalue weighted by Gasteiger charge is -2.15. The third-order valence-corrected chi connectivity index (χ3v) is 2.88. The van der Waals surface area contributed by atoms with Gasteiger partial charge in [0, 0.05) is 17.6 Å². The van der Waals surface area contributed by atoms with Crippen LogP contribution in [0.2, 0.25) is 0 Å². The van der Waals surface area contributed by atoms with Crippen molar-refractivity contribution in [1.29, 1.82) is 0 Å². The van der Waals surface area contributed by atoms with Gasteiger partial charge in [-0.15, -0.1) is 0 Å². The molecule has 0 aliphatic rings. The van der Waals surface area contributed by atoms with Crippen LogP contribution in [0.15, 0.2) is 24.3 Å². The number of nitrogens with one attached hydrogen (secondary N) is 2. The second kappa shape index (κ2) is 7.17. The van der Waals surface area contributed by atoms with Crippen molar-refractivity contribution in [3.63, 3.8) is 0 Å². The Morgan fingerprint density at radius 1 is 1.28 bits per heavy atom. The van der Waals surface area contributed by atoms with Gasteiger partial charge in [-0.2, -0.15) is 0 Å². The van der Waals surface area contributed by atoms with Crippen molar-refractivity contribution >= 4 is 11.6 Å². The molecule has 0 aliphatic carbocycles. The van der Waals surface area contributed by atoms with Crippen molar-refractivity contribution in [3.8, 4) is 0 Å². The molecule has 0 radical (unpaired) electrons. The molecular formula is C15H24N2O. The first-order chi connectivity index (χ1) is 8.54. The van der Waals surface area contributed by atoms with E-state index in [1.54, 1.807) is 0 Å². The number of rotatable bonds is 6. The Balaban J connectivity index is 2.70. The molecule has 1 aromatic rings. The van der Waals surface area contributed by atoms with Crippen LogP contribution in [0, 0.1) is 5.92 Å². The van der Waals surface area contributed by atoms with Gasteiger partial charge in [0.15, 0.2) is 0 Å². The van der Waals surface area contributed by atoms with Gasteiger partial charge in [0.1, 0.15) is 0 Å². The van der Waals surface area contributed by atoms with Gasteiger partial charge in [-0.3, -0.25) is 4.79 Å². The molecule has 2 N–H and O–H groups in total. The van der Waals surface area contributed by atoms with Crippen LogP contribution in [0.5, 0.6) is 0 Å². The van der Waals surface area contributed by atoms with Crippen LogP contribution in [0.1, 0.15) is 45.7 Å². The fraction of sp³-hybridized carbons (Fsp3) is 0.533. The Morgan fingerprint density at radius 2 is 2.00 bits per heavy atom. The van der Waals surface area contributed by atoms with E-state index in [1.165, 1.54) is 5.56 Å². The van der Waals surface area contributed by atoms with Crippen molar-refractivity contribution in [2.75, 3.05) is 11.9 Å². The normalized spacial score (nSPS) is 12.5. The fourth-order valence-electron chi connectivity index (χ4n) is 1.65. The highest BCUT2D eigenvalue weighted by Gasteiger charge is 2.09. The van der Waals surface area contributed by atoms with Gasteiger partial charge in [0.25, 0.3) is 0 Å². The summed E-state index contributed by atoms with van der Waals surface area (Å²) in [6, 6.07) is 8.33. The van der Waals surface area contributed by atoms with Crippen molar-refractivity contribution in [3.05, 3.63) is 29.8 Å². The molecule has 0 spiro atoms. The number of carbonyl (C=O) groups excluding carboxylic acids is 1. The van der Waals surface area contributed by atoms with E-state index in [2.05, 4.69) is 30.5 Å². The molecule has 0 bridgehead atoms. The second-order valence-electron chi connectivity index (χ2n) is 4.95. The first-order valence-corrected chi connectivity index (χ1v) is 6.68. The van der Waals surface area contributed by atoms with Crippen molar-refractivity contribution in [2.45, 2.75) is 40.2 Å². The summed E-state index contributed by atoms with van der Waals surface area (Å²) >= 11 is 0. The highest BCUT2D eigenvalue weighted by molar-refractivity contribution is 5.92. The number of amides is 1. The summed E-state index contributed by atoms with van der Waals surface area (Å²) in [6.45, 7) is 9.08. The van der Waals surface area contributed by atoms with Gasteiger partial charge >= 0.3 is 0 Å². The molecular weight excluding hydrogens is 224 g/mol. The average molecular weight is 248 g/mol. The van der Waals surface area contributed by atoms with Crippen LogP contribution in [0.4, 0.5) is 5.69 Å². The summed E-state index contributed by atoms with van der Waals surface area (Å²) in [6.07, 6.45) is 1.12. The Labute approximate surface area is 110 Å². The standard InChI is InChI=1S/C15H24N2O/c1-5-9-16-12(4)13-7-6-8-14(10-13)17-15(18)11(2)3/h6-8,10-12,16H,5,9H2,1-4H3,(H,17,18). The topological polar surface area (TPSA) is 41.1 Å². The number of anilines is 1. The Morgan fingerprint density at radius 3 is 2.61 bits per heavy atom. The molecule has 0 saturated carbocycles. The van der Waals surface area contributed by atoms with E-state index < -0.39 is 0 Å². The maximum absolute atomic E-state index is 11.6. The summed E-state index contributed by atoms with van der Waals surface area (Å²) in [5.41, 5.74) is 2.07. The van der Waals surface area contributed by atoms with Crippen LogP contribution in [-0.4, -0.2) is 12.5 Å². The third kappa shape index (κ3) is 4.49. The molecule has 3 nitrogen and oxygen atoms in total. The Hall–Kier alpha value is -1.35. The van der Waals surface area contributed by atoms with Gasteiger partial charge in [0.2, 0.25) is 5.91 Å². The van der Waals surface area contributed by atoms with Gasteiger partial charge in [-0.25, -0.2) is 0 Å². The van der Waals surface area contributed by atoms with Crippen LogP contribution in [-0.2, 0) is 4.79 Å². The molecule has 1 rings (SSSR count). The molecule has 18 heavy (non-hydrogen) atoms. The zero-order valence-corrected chi connectivity index (χ0v) is 11.8. The van der Waals surface area contributed by atoms with Crippen molar-refractivity contribution in [2.24, 2.45) is 5.92 Å². The number of hydrogen-bond donors (Lipinski definition) is 2. The minimum atomic E-state index is 0.00398. The van der Waals surface area contributed by atoms with E-state index in [0.717, 1.165) is 18.7 Å². The maximum Gasteiger partial charge on any atom is 0.226 e. The first-order valence-electron chi connectivity index (χ1n) is 6.68. The lowest BCUT2D eigenvalue weighted by atomic mass is 10.1. The zero-order chi connectivity index (χ0) is 13.5. The van der Waals surface area contributed by atoms with Gasteiger partial charge in [-0.1, -0.05) is 32.9 Å². The summed E-state index contributed by atoms with van der Waals surface area (Å²) in [5, 5.41) is 6.37. The molecule has 0 saturated heterocycles. The van der Waals surface area contributed by atoms with E-state index in [0.29, 0.717) is 6.04 Å². The minimum absolute atomic E-state index is 0.00398. The number of carbonyl (C=O) groups is 1. The minimum Gasteiger partial charge on any atom is -0.326 e. The number of hydrogen-bond acceptors (Lipinski definition) is 2. The molecule has 1 atom stereocenters. The second-order valence-corrected chi connectivity index (χ2v) is 4.95. The maximum atomic E-state index is 11.6. The lowest BCUT2D eigenvalue weighted by Crippen LogP contribution is -2.20. The summed E-state index contributed by atoms with van der Waals surface area (Å²) in [4.78, 5) is 11.6. The molecule has 1 unspecified atom stereocenters. The lowest BCUT2D eigenvalue weighted by molar-refractivity contribution is -0.118. The number of benzene rings is 1. The van der Waals surface area contributed by atoms with Gasteiger partial charge < -0.3 is 10.6 Å². The SMILES string of the molecule is CCCNC(C)c1cccc(NC(=O)C(C)C)c1. The van der Waals surface area contributed by atoms with E-state index in [1.807, 2.05) is 32.0 Å². The summed E-state index contributed by atoms with van der Waals surface area (Å²) < 4.78 is 0. The van der Waals surface area contributed by atoms with Gasteiger partial charge in [0.05, 0.1) is 0 Å². The fourth-order valence-corrected chi connectivity index (χ4v) is 1.65. The van der Waals surface area contributed by atoms with Gasteiger partial charge in [-0.05, 0) is 37.6 Å². The van der Waals surface area contributed by atoms with E-state index in [-0.39, 0.29) is 11.8 Å². The molecule has 0 fully saturated rings. The highest BCUT2D eigenvalue weighted by atomic mass is 16.1. The van der Waals surface area contributed by atoms with E-state index in [4.69, 9.17) is 0 Å². The molecule has 3 heteroatoms. The van der Waals surface area contributed by atoms with Crippen LogP contribution < -0.4 is 10.6 Å². The van der Waals surface area contributed by atoms with Crippen LogP contribution in [0.25, 0.3) is 0 Å². The highest BCUT2D eigenvalue weighted by Crippen LogP contribution is 2.17. The molecule has 100 valence electrons. The van der Waals surface area contributed by atoms with Crippen molar-refractivity contribution in [1.82, 2.24) is 5.32 Å². The first kappa shape index (κ1) is 14.7. The molecule has 0 heterocycles. The van der Waals surface area contributed by atoms with Crippen molar-refractivity contribution < 1.29 is 4.79 Å². The summed E-state index contributed by atoms with van der Waals surface area (Å²) in [5.74, 6) is 0.0608.